The summed E-state index contributed by atoms with van der Waals surface area (Å²) in [5.41, 5.74) is 1.87. The van der Waals surface area contributed by atoms with Gasteiger partial charge in [0, 0.05) is 34.9 Å². The molecule has 1 atom stereocenters. The van der Waals surface area contributed by atoms with Gasteiger partial charge < -0.3 is 14.8 Å². The van der Waals surface area contributed by atoms with E-state index in [1.807, 2.05) is 31.2 Å². The molecular formula is C18H25ClN3NaO4S. The number of nitrogens with one attached hydrogen (secondary N) is 1. The molecule has 0 aliphatic carbocycles. The molecule has 2 rings (SSSR count). The maximum atomic E-state index is 10.5. The fourth-order valence-electron chi connectivity index (χ4n) is 2.90. The van der Waals surface area contributed by atoms with Crippen LogP contribution in [-0.4, -0.2) is 55.1 Å². The molecule has 1 N–H and O–H groups in total. The topological polar surface area (TPSA) is 94.6 Å². The first-order chi connectivity index (χ1) is 12.8. The van der Waals surface area contributed by atoms with Crippen molar-refractivity contribution in [2.24, 2.45) is 0 Å². The molecule has 7 nitrogen and oxygen atoms in total. The van der Waals surface area contributed by atoms with Crippen molar-refractivity contribution in [3.05, 3.63) is 35.5 Å². The molecular weight excluding hydrogens is 413 g/mol. The molecule has 1 unspecified atom stereocenters. The van der Waals surface area contributed by atoms with Gasteiger partial charge in [-0.15, -0.1) is 0 Å². The van der Waals surface area contributed by atoms with E-state index in [0.29, 0.717) is 11.6 Å². The Morgan fingerprint density at radius 1 is 1.32 bits per heavy atom. The molecule has 0 fully saturated rings. The Morgan fingerprint density at radius 3 is 2.75 bits per heavy atom. The SMILES string of the molecule is CCN(CCCC(C)Nc1ccnc2cc(Cl)ccc12)CCOS(=O)(=O)[O-].[Na+]. The number of anilines is 1. The molecule has 1 aromatic heterocycles. The quantitative estimate of drug-likeness (QED) is 0.306. The number of nitrogens with zero attached hydrogens (tertiary/aromatic N) is 2. The fourth-order valence-corrected chi connectivity index (χ4v) is 3.35. The molecule has 1 aromatic carbocycles. The van der Waals surface area contributed by atoms with Gasteiger partial charge in [-0.1, -0.05) is 18.5 Å². The summed E-state index contributed by atoms with van der Waals surface area (Å²) in [4.78, 5) is 6.40. The van der Waals surface area contributed by atoms with Gasteiger partial charge in [0.25, 0.3) is 0 Å². The van der Waals surface area contributed by atoms with Crippen LogP contribution in [-0.2, 0) is 14.6 Å². The predicted octanol–water partition coefficient (Wildman–Crippen LogP) is 0.272. The van der Waals surface area contributed by atoms with Crippen LogP contribution in [0.2, 0.25) is 5.02 Å². The summed E-state index contributed by atoms with van der Waals surface area (Å²) < 4.78 is 35.7. The van der Waals surface area contributed by atoms with Crippen molar-refractivity contribution in [1.82, 2.24) is 9.88 Å². The molecule has 0 spiro atoms. The summed E-state index contributed by atoms with van der Waals surface area (Å²) >= 11 is 6.03. The van der Waals surface area contributed by atoms with Crippen LogP contribution < -0.4 is 34.9 Å². The Kier molecular flexibility index (Phi) is 11.2. The fraction of sp³-hybridized carbons (Fsp3) is 0.500. The summed E-state index contributed by atoms with van der Waals surface area (Å²) in [6.45, 7) is 5.97. The van der Waals surface area contributed by atoms with Crippen LogP contribution in [0.5, 0.6) is 0 Å². The van der Waals surface area contributed by atoms with E-state index in [1.54, 1.807) is 6.20 Å². The van der Waals surface area contributed by atoms with E-state index in [0.717, 1.165) is 42.5 Å². The van der Waals surface area contributed by atoms with E-state index >= 15 is 0 Å². The predicted molar refractivity (Wildman–Crippen MR) is 107 cm³/mol. The first-order valence-corrected chi connectivity index (χ1v) is 10.6. The Bertz CT molecular complexity index is 854. The van der Waals surface area contributed by atoms with Gasteiger partial charge in [0.2, 0.25) is 10.4 Å². The molecule has 0 bridgehead atoms. The van der Waals surface area contributed by atoms with Crippen LogP contribution in [0.1, 0.15) is 26.7 Å². The van der Waals surface area contributed by atoms with E-state index in [4.69, 9.17) is 11.6 Å². The minimum Gasteiger partial charge on any atom is -0.726 e. The monoisotopic (exact) mass is 437 g/mol. The number of rotatable bonds is 11. The largest absolute Gasteiger partial charge is 1.00 e. The van der Waals surface area contributed by atoms with Gasteiger partial charge in [-0.3, -0.25) is 9.17 Å². The van der Waals surface area contributed by atoms with Crippen molar-refractivity contribution in [3.8, 4) is 0 Å². The molecule has 0 amide bonds. The molecule has 0 saturated carbocycles. The third-order valence-corrected chi connectivity index (χ3v) is 4.99. The minimum atomic E-state index is -4.62. The number of pyridine rings is 1. The van der Waals surface area contributed by atoms with Crippen molar-refractivity contribution in [2.45, 2.75) is 32.7 Å². The normalized spacial score (nSPS) is 12.8. The second kappa shape index (κ2) is 12.3. The van der Waals surface area contributed by atoms with Gasteiger partial charge >= 0.3 is 29.6 Å². The molecule has 150 valence electrons. The van der Waals surface area contributed by atoms with Gasteiger partial charge in [-0.25, -0.2) is 8.42 Å². The van der Waals surface area contributed by atoms with E-state index < -0.39 is 10.4 Å². The Balaban J connectivity index is 0.00000392. The maximum absolute atomic E-state index is 10.5. The number of benzene rings is 1. The molecule has 1 heterocycles. The zero-order chi connectivity index (χ0) is 19.9. The third kappa shape index (κ3) is 8.92. The van der Waals surface area contributed by atoms with Crippen LogP contribution in [0, 0.1) is 0 Å². The molecule has 2 aromatic rings. The van der Waals surface area contributed by atoms with Crippen molar-refractivity contribution in [1.29, 1.82) is 0 Å². The van der Waals surface area contributed by atoms with Gasteiger partial charge in [-0.2, -0.15) is 0 Å². The second-order valence-electron chi connectivity index (χ2n) is 6.37. The number of halogens is 1. The third-order valence-electron chi connectivity index (χ3n) is 4.30. The summed E-state index contributed by atoms with van der Waals surface area (Å²) in [6, 6.07) is 7.86. The number of aromatic nitrogens is 1. The van der Waals surface area contributed by atoms with E-state index in [1.165, 1.54) is 0 Å². The average molecular weight is 438 g/mol. The number of likely N-dealkylation sites (N-methyl/N-ethyl adjacent to an activating group) is 1. The molecule has 0 saturated heterocycles. The molecule has 0 aliphatic rings. The molecule has 0 aliphatic heterocycles. The van der Waals surface area contributed by atoms with Crippen LogP contribution in [0.25, 0.3) is 10.9 Å². The van der Waals surface area contributed by atoms with Gasteiger partial charge in [0.15, 0.2) is 0 Å². The molecule has 0 radical (unpaired) electrons. The first kappa shape index (κ1) is 25.6. The molecule has 28 heavy (non-hydrogen) atoms. The number of hydrogen-bond acceptors (Lipinski definition) is 7. The van der Waals surface area contributed by atoms with Gasteiger partial charge in [-0.05, 0) is 57.1 Å². The van der Waals surface area contributed by atoms with Crippen molar-refractivity contribution in [3.63, 3.8) is 0 Å². The summed E-state index contributed by atoms with van der Waals surface area (Å²) in [5.74, 6) is 0. The summed E-state index contributed by atoms with van der Waals surface area (Å²) in [6.07, 6.45) is 3.63. The number of fused-ring (bicyclic) bond motifs is 1. The van der Waals surface area contributed by atoms with Crippen molar-refractivity contribution >= 4 is 38.6 Å². The van der Waals surface area contributed by atoms with Crippen molar-refractivity contribution in [2.75, 3.05) is 31.6 Å². The van der Waals surface area contributed by atoms with Crippen LogP contribution >= 0.6 is 11.6 Å². The zero-order valence-electron chi connectivity index (χ0n) is 16.5. The van der Waals surface area contributed by atoms with E-state index in [2.05, 4.69) is 26.3 Å². The smallest absolute Gasteiger partial charge is 0.726 e. The Hall–Kier alpha value is -0.450. The van der Waals surface area contributed by atoms with Crippen LogP contribution in [0.3, 0.4) is 0 Å². The second-order valence-corrected chi connectivity index (χ2v) is 7.86. The number of hydrogen-bond donors (Lipinski definition) is 1. The van der Waals surface area contributed by atoms with E-state index in [9.17, 15) is 13.0 Å². The average Bonchev–Trinajstić information content (AvgIpc) is 2.59. The Morgan fingerprint density at radius 2 is 2.07 bits per heavy atom. The maximum Gasteiger partial charge on any atom is 1.00 e. The van der Waals surface area contributed by atoms with E-state index in [-0.39, 0.29) is 42.2 Å². The van der Waals surface area contributed by atoms with Crippen LogP contribution in [0.4, 0.5) is 5.69 Å². The van der Waals surface area contributed by atoms with Crippen molar-refractivity contribution < 1.29 is 46.7 Å². The standard InChI is InChI=1S/C18H26ClN3O4S.Na/c1-3-22(11-12-26-27(23,24)25)10-4-5-14(2)21-17-8-9-20-18-13-15(19)6-7-16(17)18;/h6-9,13-14H,3-5,10-12H2,1-2H3,(H,20,21)(H,23,24,25);/q;+1/p-1. The van der Waals surface area contributed by atoms with Crippen LogP contribution in [0.15, 0.2) is 30.5 Å². The Labute approximate surface area is 194 Å². The summed E-state index contributed by atoms with van der Waals surface area (Å²) in [5, 5.41) is 5.20. The first-order valence-electron chi connectivity index (χ1n) is 8.92. The minimum absolute atomic E-state index is 0. The zero-order valence-corrected chi connectivity index (χ0v) is 20.1. The molecule has 10 heteroatoms. The van der Waals surface area contributed by atoms with Gasteiger partial charge in [0.05, 0.1) is 12.1 Å². The van der Waals surface area contributed by atoms with Gasteiger partial charge in [0.1, 0.15) is 0 Å². The summed E-state index contributed by atoms with van der Waals surface area (Å²) in [7, 11) is -4.62.